The van der Waals surface area contributed by atoms with Gasteiger partial charge in [-0.25, -0.2) is 0 Å². The molecule has 0 amide bonds. The molecule has 4 aliphatic rings. The average Bonchev–Trinajstić information content (AvgIpc) is 2.82. The molecule has 28 heavy (non-hydrogen) atoms. The van der Waals surface area contributed by atoms with Gasteiger partial charge in [-0.1, -0.05) is 6.92 Å². The van der Waals surface area contributed by atoms with Crippen LogP contribution in [0, 0.1) is 23.2 Å². The number of ether oxygens (including phenoxy) is 3. The minimum atomic E-state index is -0.630. The van der Waals surface area contributed by atoms with Crippen LogP contribution in [0.2, 0.25) is 0 Å². The molecule has 0 aromatic carbocycles. The summed E-state index contributed by atoms with van der Waals surface area (Å²) < 4.78 is 16.2. The molecule has 2 aliphatic heterocycles. The van der Waals surface area contributed by atoms with Crippen LogP contribution in [-0.2, 0) is 33.4 Å². The SMILES string of the molecule is CCC(C)(C)C(=O)OCC(=O)CCC(=O)OC1C2CC3CC(C2)C(=O)OC1C3. The van der Waals surface area contributed by atoms with E-state index in [1.54, 1.807) is 13.8 Å². The van der Waals surface area contributed by atoms with Gasteiger partial charge in [-0.3, -0.25) is 19.2 Å². The van der Waals surface area contributed by atoms with Crippen molar-refractivity contribution in [2.24, 2.45) is 23.2 Å². The molecule has 7 heteroatoms. The van der Waals surface area contributed by atoms with Crippen LogP contribution < -0.4 is 0 Å². The molecule has 0 radical (unpaired) electrons. The lowest BCUT2D eigenvalue weighted by Crippen LogP contribution is -2.45. The molecule has 156 valence electrons. The Morgan fingerprint density at radius 2 is 1.86 bits per heavy atom. The largest absolute Gasteiger partial charge is 0.458 e. The smallest absolute Gasteiger partial charge is 0.311 e. The number of esters is 3. The highest BCUT2D eigenvalue weighted by Crippen LogP contribution is 2.48. The first kappa shape index (κ1) is 20.8. The van der Waals surface area contributed by atoms with E-state index >= 15 is 0 Å². The van der Waals surface area contributed by atoms with Crippen molar-refractivity contribution in [3.8, 4) is 0 Å². The molecule has 2 heterocycles. The number of rotatable bonds is 8. The van der Waals surface area contributed by atoms with Gasteiger partial charge in [0.2, 0.25) is 0 Å². The van der Waals surface area contributed by atoms with Crippen molar-refractivity contribution in [2.75, 3.05) is 6.61 Å². The van der Waals surface area contributed by atoms with Crippen LogP contribution in [0.1, 0.15) is 65.7 Å². The highest BCUT2D eigenvalue weighted by atomic mass is 16.6. The zero-order valence-corrected chi connectivity index (χ0v) is 16.9. The Kier molecular flexibility index (Phi) is 6.10. The van der Waals surface area contributed by atoms with Gasteiger partial charge in [0, 0.05) is 12.3 Å². The number of hydrogen-bond acceptors (Lipinski definition) is 7. The van der Waals surface area contributed by atoms with E-state index in [-0.39, 0.29) is 49.1 Å². The lowest BCUT2D eigenvalue weighted by Gasteiger charge is -2.41. The van der Waals surface area contributed by atoms with E-state index in [0.717, 1.165) is 19.3 Å². The van der Waals surface area contributed by atoms with E-state index in [0.29, 0.717) is 18.8 Å². The van der Waals surface area contributed by atoms with Gasteiger partial charge in [0.1, 0.15) is 18.8 Å². The monoisotopic (exact) mass is 394 g/mol. The van der Waals surface area contributed by atoms with E-state index in [2.05, 4.69) is 0 Å². The summed E-state index contributed by atoms with van der Waals surface area (Å²) in [6.45, 7) is 5.07. The van der Waals surface area contributed by atoms with Gasteiger partial charge in [-0.05, 0) is 51.9 Å². The maximum absolute atomic E-state index is 12.3. The molecule has 2 saturated heterocycles. The molecular formula is C21H30O7. The summed E-state index contributed by atoms with van der Waals surface area (Å²) in [6, 6.07) is 0. The molecule has 0 aromatic rings. The topological polar surface area (TPSA) is 96.0 Å². The predicted octanol–water partition coefficient (Wildman–Crippen LogP) is 2.59. The standard InChI is InChI=1S/C21H30O7/c1-4-21(2,3)20(25)26-11-15(22)5-6-17(23)28-18-13-7-12-8-14(10-13)19(24)27-16(18)9-12/h12-14,16,18H,4-11H2,1-3H3. The molecule has 4 rings (SSSR count). The third kappa shape index (κ3) is 4.55. The lowest BCUT2D eigenvalue weighted by molar-refractivity contribution is -0.173. The van der Waals surface area contributed by atoms with Crippen molar-refractivity contribution < 1.29 is 33.4 Å². The van der Waals surface area contributed by atoms with Crippen molar-refractivity contribution in [2.45, 2.75) is 77.9 Å². The molecule has 0 aromatic heterocycles. The van der Waals surface area contributed by atoms with Crippen molar-refractivity contribution in [3.63, 3.8) is 0 Å². The molecule has 0 spiro atoms. The Labute approximate surface area is 165 Å². The lowest BCUT2D eigenvalue weighted by atomic mass is 9.67. The Morgan fingerprint density at radius 1 is 1.11 bits per heavy atom. The zero-order chi connectivity index (χ0) is 20.5. The van der Waals surface area contributed by atoms with E-state index in [9.17, 15) is 19.2 Å². The van der Waals surface area contributed by atoms with Crippen molar-refractivity contribution in [3.05, 3.63) is 0 Å². The molecule has 2 aliphatic carbocycles. The Balaban J connectivity index is 1.44. The number of Topliss-reactive ketones (excluding diaryl/α,β-unsaturated/α-hetero) is 1. The molecule has 4 fully saturated rings. The fourth-order valence-electron chi connectivity index (χ4n) is 4.45. The summed E-state index contributed by atoms with van der Waals surface area (Å²) in [5.74, 6) is -0.806. The summed E-state index contributed by atoms with van der Waals surface area (Å²) >= 11 is 0. The van der Waals surface area contributed by atoms with E-state index in [1.807, 2.05) is 6.92 Å². The Bertz CT molecular complexity index is 653. The first-order valence-electron chi connectivity index (χ1n) is 10.3. The second kappa shape index (κ2) is 8.21. The fourth-order valence-corrected chi connectivity index (χ4v) is 4.45. The molecule has 0 N–H and O–H groups in total. The number of carbonyl (C=O) groups is 4. The summed E-state index contributed by atoms with van der Waals surface area (Å²) in [4.78, 5) is 48.2. The van der Waals surface area contributed by atoms with Gasteiger partial charge in [0.15, 0.2) is 5.78 Å². The first-order chi connectivity index (χ1) is 13.2. The van der Waals surface area contributed by atoms with Crippen LogP contribution in [0.4, 0.5) is 0 Å². The quantitative estimate of drug-likeness (QED) is 0.461. The Morgan fingerprint density at radius 3 is 2.57 bits per heavy atom. The Hall–Kier alpha value is -1.92. The molecule has 4 bridgehead atoms. The van der Waals surface area contributed by atoms with Gasteiger partial charge in [-0.15, -0.1) is 0 Å². The predicted molar refractivity (Wildman–Crippen MR) is 98.0 cm³/mol. The van der Waals surface area contributed by atoms with Crippen LogP contribution >= 0.6 is 0 Å². The maximum atomic E-state index is 12.3. The van der Waals surface area contributed by atoms with Crippen LogP contribution in [0.25, 0.3) is 0 Å². The molecule has 2 saturated carbocycles. The van der Waals surface area contributed by atoms with Gasteiger partial charge in [-0.2, -0.15) is 0 Å². The molecule has 7 nitrogen and oxygen atoms in total. The molecule has 5 unspecified atom stereocenters. The maximum Gasteiger partial charge on any atom is 0.311 e. The second-order valence-electron chi connectivity index (χ2n) is 9.05. The zero-order valence-electron chi connectivity index (χ0n) is 16.9. The first-order valence-corrected chi connectivity index (χ1v) is 10.3. The minimum absolute atomic E-state index is 0.0360. The van der Waals surface area contributed by atoms with Crippen LogP contribution in [-0.4, -0.2) is 42.5 Å². The number of fused-ring (bicyclic) bond motifs is 1. The summed E-state index contributed by atoms with van der Waals surface area (Å²) in [5, 5.41) is 0. The number of carbonyl (C=O) groups excluding carboxylic acids is 4. The van der Waals surface area contributed by atoms with Gasteiger partial charge < -0.3 is 14.2 Å². The average molecular weight is 394 g/mol. The van der Waals surface area contributed by atoms with Crippen molar-refractivity contribution >= 4 is 23.7 Å². The van der Waals surface area contributed by atoms with Crippen LogP contribution in [0.15, 0.2) is 0 Å². The van der Waals surface area contributed by atoms with Crippen LogP contribution in [0.3, 0.4) is 0 Å². The summed E-state index contributed by atoms with van der Waals surface area (Å²) in [6.07, 6.45) is 3.05. The highest BCUT2D eigenvalue weighted by Gasteiger charge is 2.51. The van der Waals surface area contributed by atoms with Gasteiger partial charge >= 0.3 is 17.9 Å². The normalized spacial score (nSPS) is 31.1. The number of hydrogen-bond donors (Lipinski definition) is 0. The van der Waals surface area contributed by atoms with Crippen molar-refractivity contribution in [1.29, 1.82) is 0 Å². The minimum Gasteiger partial charge on any atom is -0.458 e. The van der Waals surface area contributed by atoms with E-state index < -0.39 is 23.5 Å². The fraction of sp³-hybridized carbons (Fsp3) is 0.810. The molecular weight excluding hydrogens is 364 g/mol. The second-order valence-corrected chi connectivity index (χ2v) is 9.05. The summed E-state index contributed by atoms with van der Waals surface area (Å²) in [7, 11) is 0. The summed E-state index contributed by atoms with van der Waals surface area (Å²) in [5.41, 5.74) is -0.630. The highest BCUT2D eigenvalue weighted by molar-refractivity contribution is 5.86. The third-order valence-corrected chi connectivity index (χ3v) is 6.51. The van der Waals surface area contributed by atoms with Gasteiger partial charge in [0.05, 0.1) is 17.8 Å². The molecule has 5 atom stereocenters. The van der Waals surface area contributed by atoms with E-state index in [1.165, 1.54) is 0 Å². The van der Waals surface area contributed by atoms with Crippen LogP contribution in [0.5, 0.6) is 0 Å². The third-order valence-electron chi connectivity index (χ3n) is 6.51. The van der Waals surface area contributed by atoms with Gasteiger partial charge in [0.25, 0.3) is 0 Å². The number of ketones is 1. The van der Waals surface area contributed by atoms with E-state index in [4.69, 9.17) is 14.2 Å². The van der Waals surface area contributed by atoms with Crippen molar-refractivity contribution in [1.82, 2.24) is 0 Å².